The molecule has 0 saturated carbocycles. The van der Waals surface area contributed by atoms with Crippen LogP contribution in [-0.2, 0) is 4.79 Å². The summed E-state index contributed by atoms with van der Waals surface area (Å²) in [4.78, 5) is 13.0. The van der Waals surface area contributed by atoms with Gasteiger partial charge in [-0.1, -0.05) is 0 Å². The van der Waals surface area contributed by atoms with E-state index in [1.165, 1.54) is 14.2 Å². The molecule has 1 heterocycles. The molecule has 0 saturated heterocycles. The maximum Gasteiger partial charge on any atom is 0.244 e. The molecule has 0 aliphatic carbocycles. The van der Waals surface area contributed by atoms with Gasteiger partial charge < -0.3 is 29.9 Å². The number of aliphatic hydroxyl groups excluding tert-OH is 2. The number of benzene rings is 1. The van der Waals surface area contributed by atoms with Gasteiger partial charge >= 0.3 is 0 Å². The lowest BCUT2D eigenvalue weighted by Crippen LogP contribution is -2.53. The molecule has 1 aromatic rings. The number of halogens is 1. The number of rotatable bonds is 5. The third kappa shape index (κ3) is 4.31. The highest BCUT2D eigenvalue weighted by atomic mass is 19.1. The minimum atomic E-state index is -1.59. The van der Waals surface area contributed by atoms with Crippen LogP contribution in [0, 0.1) is 0 Å². The smallest absolute Gasteiger partial charge is 0.244 e. The minimum absolute atomic E-state index is 0.326. The lowest BCUT2D eigenvalue weighted by molar-refractivity contribution is -0.121. The molecular formula is C14H18FN3O5. The van der Waals surface area contributed by atoms with Gasteiger partial charge in [-0.3, -0.25) is 4.79 Å². The van der Waals surface area contributed by atoms with Crippen LogP contribution in [0.2, 0.25) is 0 Å². The number of hydrogen-bond donors (Lipinski definition) is 4. The van der Waals surface area contributed by atoms with Crippen molar-refractivity contribution in [2.75, 3.05) is 26.1 Å². The van der Waals surface area contributed by atoms with Gasteiger partial charge in [0.15, 0.2) is 18.4 Å². The number of hydrogen-bond acceptors (Lipinski definition) is 7. The van der Waals surface area contributed by atoms with Gasteiger partial charge in [-0.05, 0) is 0 Å². The molecule has 0 aromatic heterocycles. The molecule has 9 heteroatoms. The van der Waals surface area contributed by atoms with Crippen LogP contribution < -0.4 is 20.1 Å². The van der Waals surface area contributed by atoms with Crippen molar-refractivity contribution in [3.05, 3.63) is 30.2 Å². The van der Waals surface area contributed by atoms with Crippen LogP contribution in [0.25, 0.3) is 0 Å². The summed E-state index contributed by atoms with van der Waals surface area (Å²) in [6.07, 6.45) is -2.10. The van der Waals surface area contributed by atoms with Crippen LogP contribution in [0.15, 0.2) is 30.2 Å². The highest BCUT2D eigenvalue weighted by molar-refractivity contribution is 5.92. The molecule has 0 spiro atoms. The Morgan fingerprint density at radius 3 is 2.48 bits per heavy atom. The molecule has 4 N–H and O–H groups in total. The Balaban J connectivity index is 2.05. The zero-order valence-corrected chi connectivity index (χ0v) is 12.6. The van der Waals surface area contributed by atoms with E-state index in [9.17, 15) is 19.4 Å². The van der Waals surface area contributed by atoms with E-state index in [0.29, 0.717) is 17.2 Å². The van der Waals surface area contributed by atoms with E-state index in [2.05, 4.69) is 10.6 Å². The molecule has 0 bridgehead atoms. The topological polar surface area (TPSA) is 103 Å². The standard InChI is InChI=1S/C14H18FN3O5/c1-22-9-3-8(4-10(5-9)23-2)16-12(19)7-18-6-11(15)13(20)17-14(18)21/h3-6,13-14,17,20-21H,7H2,1-2H3,(H,16,19). The van der Waals surface area contributed by atoms with E-state index < -0.39 is 24.3 Å². The molecule has 126 valence electrons. The second-order valence-electron chi connectivity index (χ2n) is 4.78. The number of carbonyl (C=O) groups is 1. The van der Waals surface area contributed by atoms with Gasteiger partial charge in [0.05, 0.1) is 14.2 Å². The molecule has 23 heavy (non-hydrogen) atoms. The second kappa shape index (κ2) is 7.27. The maximum absolute atomic E-state index is 13.3. The van der Waals surface area contributed by atoms with Crippen molar-refractivity contribution in [2.45, 2.75) is 12.6 Å². The first-order chi connectivity index (χ1) is 10.9. The first-order valence-corrected chi connectivity index (χ1v) is 6.71. The average Bonchev–Trinajstić information content (AvgIpc) is 2.52. The SMILES string of the molecule is COc1cc(NC(=O)CN2C=C(F)C(O)NC2O)cc(OC)c1. The van der Waals surface area contributed by atoms with Crippen molar-refractivity contribution in [1.82, 2.24) is 10.2 Å². The van der Waals surface area contributed by atoms with E-state index in [1.807, 2.05) is 0 Å². The normalized spacial score (nSPS) is 20.7. The van der Waals surface area contributed by atoms with Crippen molar-refractivity contribution in [2.24, 2.45) is 0 Å². The van der Waals surface area contributed by atoms with Crippen LogP contribution >= 0.6 is 0 Å². The van der Waals surface area contributed by atoms with E-state index in [1.54, 1.807) is 18.2 Å². The van der Waals surface area contributed by atoms with Crippen LogP contribution in [0.4, 0.5) is 10.1 Å². The van der Waals surface area contributed by atoms with Crippen LogP contribution in [-0.4, -0.2) is 54.4 Å². The zero-order chi connectivity index (χ0) is 17.0. The maximum atomic E-state index is 13.3. The summed E-state index contributed by atoms with van der Waals surface area (Å²) in [6.45, 7) is -0.326. The lowest BCUT2D eigenvalue weighted by Gasteiger charge is -2.32. The number of ether oxygens (including phenoxy) is 2. The lowest BCUT2D eigenvalue weighted by atomic mass is 10.2. The Kier molecular flexibility index (Phi) is 5.37. The summed E-state index contributed by atoms with van der Waals surface area (Å²) in [5.41, 5.74) is 0.426. The number of carbonyl (C=O) groups excluding carboxylic acids is 1. The first kappa shape index (κ1) is 17.0. The van der Waals surface area contributed by atoms with E-state index >= 15 is 0 Å². The minimum Gasteiger partial charge on any atom is -0.497 e. The fourth-order valence-corrected chi connectivity index (χ4v) is 1.99. The van der Waals surface area contributed by atoms with Crippen molar-refractivity contribution in [1.29, 1.82) is 0 Å². The highest BCUT2D eigenvalue weighted by Gasteiger charge is 2.26. The molecule has 8 nitrogen and oxygen atoms in total. The molecule has 2 atom stereocenters. The summed E-state index contributed by atoms with van der Waals surface area (Å²) in [5.74, 6) is -0.408. The number of amides is 1. The van der Waals surface area contributed by atoms with Gasteiger partial charge in [-0.15, -0.1) is 0 Å². The van der Waals surface area contributed by atoms with Gasteiger partial charge in [-0.25, -0.2) is 9.71 Å². The summed E-state index contributed by atoms with van der Waals surface area (Å²) in [7, 11) is 2.96. The molecular weight excluding hydrogens is 309 g/mol. The molecule has 1 aliphatic rings. The second-order valence-corrected chi connectivity index (χ2v) is 4.78. The summed E-state index contributed by atoms with van der Waals surface area (Å²) < 4.78 is 23.5. The average molecular weight is 327 g/mol. The number of aliphatic hydroxyl groups is 2. The van der Waals surface area contributed by atoms with Gasteiger partial charge in [0.1, 0.15) is 18.0 Å². The fourth-order valence-electron chi connectivity index (χ4n) is 1.99. The van der Waals surface area contributed by atoms with Crippen molar-refractivity contribution in [3.63, 3.8) is 0 Å². The van der Waals surface area contributed by atoms with Crippen molar-refractivity contribution >= 4 is 11.6 Å². The zero-order valence-electron chi connectivity index (χ0n) is 12.6. The van der Waals surface area contributed by atoms with Gasteiger partial charge in [0.2, 0.25) is 5.91 Å². The Labute approximate surface area is 132 Å². The van der Waals surface area contributed by atoms with Crippen molar-refractivity contribution < 1.29 is 28.9 Å². The quantitative estimate of drug-likeness (QED) is 0.601. The molecule has 1 aromatic carbocycles. The van der Waals surface area contributed by atoms with E-state index in [0.717, 1.165) is 11.1 Å². The fraction of sp³-hybridized carbons (Fsp3) is 0.357. The molecule has 1 amide bonds. The molecule has 2 rings (SSSR count). The van der Waals surface area contributed by atoms with E-state index in [-0.39, 0.29) is 6.54 Å². The first-order valence-electron chi connectivity index (χ1n) is 6.71. The highest BCUT2D eigenvalue weighted by Crippen LogP contribution is 2.25. The third-order valence-corrected chi connectivity index (χ3v) is 3.13. The number of nitrogens with zero attached hydrogens (tertiary/aromatic N) is 1. The summed E-state index contributed by atoms with van der Waals surface area (Å²) >= 11 is 0. The molecule has 1 aliphatic heterocycles. The van der Waals surface area contributed by atoms with Crippen LogP contribution in [0.5, 0.6) is 11.5 Å². The van der Waals surface area contributed by atoms with Crippen LogP contribution in [0.3, 0.4) is 0 Å². The predicted molar refractivity (Wildman–Crippen MR) is 79.2 cm³/mol. The van der Waals surface area contributed by atoms with Gasteiger partial charge in [0, 0.05) is 30.1 Å². The van der Waals surface area contributed by atoms with Crippen LogP contribution in [0.1, 0.15) is 0 Å². The Bertz CT molecular complexity index is 588. The van der Waals surface area contributed by atoms with Gasteiger partial charge in [0.25, 0.3) is 0 Å². The molecule has 0 radical (unpaired) electrons. The number of anilines is 1. The Hall–Kier alpha value is -2.36. The van der Waals surface area contributed by atoms with Crippen molar-refractivity contribution in [3.8, 4) is 11.5 Å². The Morgan fingerprint density at radius 2 is 1.91 bits per heavy atom. The monoisotopic (exact) mass is 327 g/mol. The van der Waals surface area contributed by atoms with E-state index in [4.69, 9.17) is 9.47 Å². The summed E-state index contributed by atoms with van der Waals surface area (Å²) in [6, 6.07) is 4.82. The third-order valence-electron chi connectivity index (χ3n) is 3.13. The van der Waals surface area contributed by atoms with Gasteiger partial charge in [-0.2, -0.15) is 0 Å². The predicted octanol–water partition coefficient (Wildman–Crippen LogP) is -0.0473. The summed E-state index contributed by atoms with van der Waals surface area (Å²) in [5, 5.41) is 23.6. The Morgan fingerprint density at radius 1 is 1.30 bits per heavy atom. The molecule has 2 unspecified atom stereocenters. The number of methoxy groups -OCH3 is 2. The largest absolute Gasteiger partial charge is 0.497 e. The number of nitrogens with one attached hydrogen (secondary N) is 2. The molecule has 0 fully saturated rings.